The largest absolute Gasteiger partial charge is 0.417 e. The van der Waals surface area contributed by atoms with Gasteiger partial charge in [0.2, 0.25) is 0 Å². The summed E-state index contributed by atoms with van der Waals surface area (Å²) in [5.41, 5.74) is -0.966. The molecule has 0 saturated carbocycles. The van der Waals surface area contributed by atoms with Crippen LogP contribution in [-0.2, 0) is 6.18 Å². The van der Waals surface area contributed by atoms with Crippen molar-refractivity contribution in [2.75, 3.05) is 0 Å². The van der Waals surface area contributed by atoms with Crippen molar-refractivity contribution in [1.29, 1.82) is 0 Å². The topological polar surface area (TPSA) is 0 Å². The normalized spacial score (nSPS) is 11.6. The maximum atomic E-state index is 13.7. The number of hydrogen-bond donors (Lipinski definition) is 0. The van der Waals surface area contributed by atoms with Crippen LogP contribution in [0.1, 0.15) is 5.56 Å². The molecule has 0 fully saturated rings. The molecule has 0 aliphatic carbocycles. The van der Waals surface area contributed by atoms with Gasteiger partial charge in [0, 0.05) is 9.13 Å². The summed E-state index contributed by atoms with van der Waals surface area (Å²) in [7, 11) is 0. The van der Waals surface area contributed by atoms with Gasteiger partial charge < -0.3 is 0 Å². The SMILES string of the molecule is Fc1cccc(I)c1-c1ccccc1C(F)(F)F. The molecule has 0 bridgehead atoms. The molecule has 0 N–H and O–H groups in total. The molecule has 2 rings (SSSR count). The first-order valence-corrected chi connectivity index (χ1v) is 6.10. The van der Waals surface area contributed by atoms with E-state index >= 15 is 0 Å². The van der Waals surface area contributed by atoms with Gasteiger partial charge in [-0.25, -0.2) is 4.39 Å². The zero-order valence-electron chi connectivity index (χ0n) is 8.93. The van der Waals surface area contributed by atoms with Crippen LogP contribution in [0.2, 0.25) is 0 Å². The summed E-state index contributed by atoms with van der Waals surface area (Å²) in [6.45, 7) is 0. The third-order valence-electron chi connectivity index (χ3n) is 2.46. The highest BCUT2D eigenvalue weighted by Gasteiger charge is 2.34. The molecule has 5 heteroatoms. The lowest BCUT2D eigenvalue weighted by atomic mass is 9.99. The highest BCUT2D eigenvalue weighted by atomic mass is 127. The second-order valence-electron chi connectivity index (χ2n) is 3.64. The van der Waals surface area contributed by atoms with E-state index in [1.165, 1.54) is 24.3 Å². The van der Waals surface area contributed by atoms with E-state index in [1.807, 2.05) is 22.6 Å². The van der Waals surface area contributed by atoms with E-state index in [1.54, 1.807) is 6.07 Å². The predicted molar refractivity (Wildman–Crippen MR) is 69.6 cm³/mol. The molecule has 0 nitrogen and oxygen atoms in total. The molecule has 94 valence electrons. The third-order valence-corrected chi connectivity index (χ3v) is 3.36. The van der Waals surface area contributed by atoms with Crippen LogP contribution in [0.4, 0.5) is 17.6 Å². The monoisotopic (exact) mass is 366 g/mol. The first kappa shape index (κ1) is 13.3. The van der Waals surface area contributed by atoms with Crippen LogP contribution in [0, 0.1) is 9.39 Å². The number of hydrogen-bond acceptors (Lipinski definition) is 0. The molecule has 2 aromatic rings. The molecule has 0 saturated heterocycles. The maximum Gasteiger partial charge on any atom is 0.417 e. The molecule has 18 heavy (non-hydrogen) atoms. The summed E-state index contributed by atoms with van der Waals surface area (Å²) in [5, 5.41) is 0. The van der Waals surface area contributed by atoms with Crippen molar-refractivity contribution in [3.63, 3.8) is 0 Å². The van der Waals surface area contributed by atoms with Gasteiger partial charge in [-0.1, -0.05) is 24.3 Å². The molecular formula is C13H7F4I. The Kier molecular flexibility index (Phi) is 3.61. The van der Waals surface area contributed by atoms with Crippen molar-refractivity contribution < 1.29 is 17.6 Å². The first-order chi connectivity index (χ1) is 8.41. The molecular weight excluding hydrogens is 359 g/mol. The van der Waals surface area contributed by atoms with Gasteiger partial charge in [-0.2, -0.15) is 13.2 Å². The minimum Gasteiger partial charge on any atom is -0.206 e. The fraction of sp³-hybridized carbons (Fsp3) is 0.0769. The van der Waals surface area contributed by atoms with Gasteiger partial charge in [0.1, 0.15) is 5.82 Å². The van der Waals surface area contributed by atoms with E-state index < -0.39 is 17.6 Å². The molecule has 0 radical (unpaired) electrons. The summed E-state index contributed by atoms with van der Waals surface area (Å²) < 4.78 is 52.8. The number of halogens is 5. The molecule has 0 aromatic heterocycles. The molecule has 2 aromatic carbocycles. The molecule has 0 spiro atoms. The Morgan fingerprint density at radius 1 is 0.889 bits per heavy atom. The summed E-state index contributed by atoms with van der Waals surface area (Å²) in [6.07, 6.45) is -4.50. The van der Waals surface area contributed by atoms with Crippen LogP contribution in [-0.4, -0.2) is 0 Å². The Bertz CT molecular complexity index is 555. The minimum atomic E-state index is -4.50. The lowest BCUT2D eigenvalue weighted by molar-refractivity contribution is -0.137. The fourth-order valence-corrected chi connectivity index (χ4v) is 2.46. The average molecular weight is 366 g/mol. The van der Waals surface area contributed by atoms with Crippen LogP contribution < -0.4 is 0 Å². The Labute approximate surface area is 115 Å². The lowest BCUT2D eigenvalue weighted by Gasteiger charge is -2.14. The predicted octanol–water partition coefficient (Wildman–Crippen LogP) is 5.12. The van der Waals surface area contributed by atoms with Crippen LogP contribution in [0.5, 0.6) is 0 Å². The second-order valence-corrected chi connectivity index (χ2v) is 4.80. The fourth-order valence-electron chi connectivity index (χ4n) is 1.70. The van der Waals surface area contributed by atoms with Gasteiger partial charge in [0.15, 0.2) is 0 Å². The number of benzene rings is 2. The Morgan fingerprint density at radius 3 is 2.17 bits per heavy atom. The van der Waals surface area contributed by atoms with Gasteiger partial charge in [0.05, 0.1) is 5.56 Å². The van der Waals surface area contributed by atoms with E-state index in [2.05, 4.69) is 0 Å². The summed E-state index contributed by atoms with van der Waals surface area (Å²) >= 11 is 1.83. The van der Waals surface area contributed by atoms with E-state index in [9.17, 15) is 17.6 Å². The highest BCUT2D eigenvalue weighted by molar-refractivity contribution is 14.1. The van der Waals surface area contributed by atoms with Crippen LogP contribution >= 0.6 is 22.6 Å². The highest BCUT2D eigenvalue weighted by Crippen LogP contribution is 2.39. The molecule has 0 atom stereocenters. The smallest absolute Gasteiger partial charge is 0.206 e. The van der Waals surface area contributed by atoms with Crippen molar-refractivity contribution in [2.45, 2.75) is 6.18 Å². The Hall–Kier alpha value is -1.11. The van der Waals surface area contributed by atoms with Crippen molar-refractivity contribution in [1.82, 2.24) is 0 Å². The van der Waals surface area contributed by atoms with E-state index in [4.69, 9.17) is 0 Å². The zero-order valence-corrected chi connectivity index (χ0v) is 11.1. The van der Waals surface area contributed by atoms with E-state index in [0.717, 1.165) is 12.1 Å². The summed E-state index contributed by atoms with van der Waals surface area (Å²) in [4.78, 5) is 0. The Balaban J connectivity index is 2.73. The van der Waals surface area contributed by atoms with Crippen LogP contribution in [0.3, 0.4) is 0 Å². The van der Waals surface area contributed by atoms with Crippen molar-refractivity contribution in [2.24, 2.45) is 0 Å². The van der Waals surface area contributed by atoms with Crippen molar-refractivity contribution in [3.05, 3.63) is 57.4 Å². The molecule has 0 aliphatic heterocycles. The zero-order chi connectivity index (χ0) is 13.3. The van der Waals surface area contributed by atoms with Crippen molar-refractivity contribution >= 4 is 22.6 Å². The van der Waals surface area contributed by atoms with E-state index in [0.29, 0.717) is 3.57 Å². The molecule has 0 amide bonds. The average Bonchev–Trinajstić information content (AvgIpc) is 2.28. The standard InChI is InChI=1S/C13H7F4I/c14-10-6-3-7-11(18)12(10)8-4-1-2-5-9(8)13(15,16)17/h1-7H. The van der Waals surface area contributed by atoms with Gasteiger partial charge in [-0.3, -0.25) is 0 Å². The lowest BCUT2D eigenvalue weighted by Crippen LogP contribution is -2.07. The van der Waals surface area contributed by atoms with Gasteiger partial charge >= 0.3 is 6.18 Å². The quantitative estimate of drug-likeness (QED) is 0.486. The van der Waals surface area contributed by atoms with Crippen molar-refractivity contribution in [3.8, 4) is 11.1 Å². The van der Waals surface area contributed by atoms with Gasteiger partial charge in [-0.15, -0.1) is 0 Å². The molecule has 0 heterocycles. The van der Waals surface area contributed by atoms with Gasteiger partial charge in [-0.05, 0) is 46.4 Å². The van der Waals surface area contributed by atoms with Crippen LogP contribution in [0.15, 0.2) is 42.5 Å². The first-order valence-electron chi connectivity index (χ1n) is 5.02. The Morgan fingerprint density at radius 2 is 1.56 bits per heavy atom. The summed E-state index contributed by atoms with van der Waals surface area (Å²) in [5.74, 6) is -0.654. The van der Waals surface area contributed by atoms with E-state index in [-0.39, 0.29) is 11.1 Å². The number of alkyl halides is 3. The third kappa shape index (κ3) is 2.50. The van der Waals surface area contributed by atoms with Crippen LogP contribution in [0.25, 0.3) is 11.1 Å². The van der Waals surface area contributed by atoms with Gasteiger partial charge in [0.25, 0.3) is 0 Å². The maximum absolute atomic E-state index is 13.7. The minimum absolute atomic E-state index is 0.00831. The molecule has 0 unspecified atom stereocenters. The second kappa shape index (κ2) is 4.87. The summed E-state index contributed by atoms with van der Waals surface area (Å²) in [6, 6.07) is 9.20. The molecule has 0 aliphatic rings. The number of rotatable bonds is 1.